The summed E-state index contributed by atoms with van der Waals surface area (Å²) in [4.78, 5) is 0. The van der Waals surface area contributed by atoms with Gasteiger partial charge in [-0.15, -0.1) is 0 Å². The van der Waals surface area contributed by atoms with Crippen LogP contribution >= 0.6 is 12.2 Å². The van der Waals surface area contributed by atoms with Crippen LogP contribution in [0.2, 0.25) is 0 Å². The Morgan fingerprint density at radius 3 is 2.32 bits per heavy atom. The summed E-state index contributed by atoms with van der Waals surface area (Å²) in [7, 11) is 0. The molecule has 22 heavy (non-hydrogen) atoms. The van der Waals surface area contributed by atoms with Crippen molar-refractivity contribution >= 4 is 28.7 Å². The minimum absolute atomic E-state index is 0.0733. The zero-order chi connectivity index (χ0) is 16.3. The topological polar surface area (TPSA) is 24.1 Å². The van der Waals surface area contributed by atoms with E-state index >= 15 is 0 Å². The molecule has 2 nitrogen and oxygen atoms in total. The second-order valence-corrected chi connectivity index (χ2v) is 4.67. The number of rotatable bonds is 2. The van der Waals surface area contributed by atoms with E-state index in [1.54, 1.807) is 0 Å². The molecule has 0 aliphatic carbocycles. The fourth-order valence-electron chi connectivity index (χ4n) is 1.66. The van der Waals surface area contributed by atoms with Gasteiger partial charge in [0.2, 0.25) is 0 Å². The number of alkyl halides is 3. The summed E-state index contributed by atoms with van der Waals surface area (Å²) >= 11 is 4.87. The van der Waals surface area contributed by atoms with E-state index in [0.717, 1.165) is 18.2 Å². The van der Waals surface area contributed by atoms with Crippen LogP contribution in [0, 0.1) is 11.6 Å². The molecule has 0 aliphatic heterocycles. The molecule has 2 N–H and O–H groups in total. The molecule has 0 fully saturated rings. The van der Waals surface area contributed by atoms with Gasteiger partial charge in [0, 0.05) is 5.69 Å². The van der Waals surface area contributed by atoms with Crippen LogP contribution in [-0.2, 0) is 6.18 Å². The van der Waals surface area contributed by atoms with E-state index in [4.69, 9.17) is 12.2 Å². The number of halogens is 5. The van der Waals surface area contributed by atoms with Crippen molar-refractivity contribution in [1.29, 1.82) is 0 Å². The lowest BCUT2D eigenvalue weighted by atomic mass is 10.2. The fraction of sp³-hybridized carbons (Fsp3) is 0.0714. The van der Waals surface area contributed by atoms with E-state index < -0.39 is 23.4 Å². The van der Waals surface area contributed by atoms with Gasteiger partial charge >= 0.3 is 6.18 Å². The molecule has 0 saturated carbocycles. The van der Waals surface area contributed by atoms with E-state index in [9.17, 15) is 22.0 Å². The van der Waals surface area contributed by atoms with Crippen molar-refractivity contribution in [2.45, 2.75) is 6.18 Å². The lowest BCUT2D eigenvalue weighted by molar-refractivity contribution is -0.137. The zero-order valence-electron chi connectivity index (χ0n) is 10.8. The Morgan fingerprint density at radius 2 is 1.64 bits per heavy atom. The average Bonchev–Trinajstić information content (AvgIpc) is 2.43. The Bertz CT molecular complexity index is 700. The highest BCUT2D eigenvalue weighted by Crippen LogP contribution is 2.30. The molecule has 0 radical (unpaired) electrons. The third-order valence-corrected chi connectivity index (χ3v) is 2.85. The van der Waals surface area contributed by atoms with Gasteiger partial charge in [-0.2, -0.15) is 13.2 Å². The number of hydrogen-bond donors (Lipinski definition) is 2. The average molecular weight is 332 g/mol. The first-order valence-corrected chi connectivity index (χ1v) is 6.37. The molecule has 2 aromatic rings. The van der Waals surface area contributed by atoms with Gasteiger partial charge in [0.1, 0.15) is 0 Å². The third kappa shape index (κ3) is 3.91. The van der Waals surface area contributed by atoms with E-state index in [0.29, 0.717) is 0 Å². The molecule has 0 spiro atoms. The number of benzene rings is 2. The number of nitrogens with one attached hydrogen (secondary N) is 2. The highest BCUT2D eigenvalue weighted by Gasteiger charge is 2.30. The van der Waals surface area contributed by atoms with Gasteiger partial charge < -0.3 is 10.6 Å². The molecule has 0 bridgehead atoms. The summed E-state index contributed by atoms with van der Waals surface area (Å²) in [6.45, 7) is 0. The van der Waals surface area contributed by atoms with Crippen LogP contribution in [0.5, 0.6) is 0 Å². The normalized spacial score (nSPS) is 11.1. The lowest BCUT2D eigenvalue weighted by Crippen LogP contribution is -2.20. The van der Waals surface area contributed by atoms with E-state index in [-0.39, 0.29) is 16.5 Å². The molecule has 0 amide bonds. The lowest BCUT2D eigenvalue weighted by Gasteiger charge is -2.13. The highest BCUT2D eigenvalue weighted by molar-refractivity contribution is 7.80. The van der Waals surface area contributed by atoms with E-state index in [1.807, 2.05) is 0 Å². The molecule has 116 valence electrons. The maximum atomic E-state index is 13.4. The molecular formula is C14H9F5N2S. The van der Waals surface area contributed by atoms with Gasteiger partial charge in [-0.05, 0) is 42.5 Å². The smallest absolute Gasteiger partial charge is 0.332 e. The van der Waals surface area contributed by atoms with Crippen molar-refractivity contribution in [1.82, 2.24) is 0 Å². The number of thiocarbonyl (C=S) groups is 1. The first kappa shape index (κ1) is 16.2. The van der Waals surface area contributed by atoms with Gasteiger partial charge in [0.15, 0.2) is 16.7 Å². The standard InChI is InChI=1S/C14H9F5N2S/c15-10-5-2-6-11(12(10)16)21-13(22)20-9-4-1-3-8(7-9)14(17,18)19/h1-7H,(H2,20,21,22). The van der Waals surface area contributed by atoms with E-state index in [2.05, 4.69) is 10.6 Å². The second-order valence-electron chi connectivity index (χ2n) is 4.26. The summed E-state index contributed by atoms with van der Waals surface area (Å²) in [6.07, 6.45) is -4.48. The molecule has 0 atom stereocenters. The maximum Gasteiger partial charge on any atom is 0.416 e. The van der Waals surface area contributed by atoms with Gasteiger partial charge in [-0.1, -0.05) is 12.1 Å². The van der Waals surface area contributed by atoms with Crippen molar-refractivity contribution in [3.63, 3.8) is 0 Å². The monoisotopic (exact) mass is 332 g/mol. The molecule has 0 saturated heterocycles. The zero-order valence-corrected chi connectivity index (χ0v) is 11.7. The van der Waals surface area contributed by atoms with Crippen LogP contribution in [0.15, 0.2) is 42.5 Å². The summed E-state index contributed by atoms with van der Waals surface area (Å²) in [6, 6.07) is 7.79. The predicted molar refractivity (Wildman–Crippen MR) is 77.6 cm³/mol. The highest BCUT2D eigenvalue weighted by atomic mass is 32.1. The first-order valence-electron chi connectivity index (χ1n) is 5.96. The van der Waals surface area contributed by atoms with E-state index in [1.165, 1.54) is 24.3 Å². The molecule has 0 aliphatic rings. The van der Waals surface area contributed by atoms with Crippen molar-refractivity contribution in [2.75, 3.05) is 10.6 Å². The SMILES string of the molecule is Fc1cccc(NC(=S)Nc2cccc(C(F)(F)F)c2)c1F. The Labute approximate surface area is 128 Å². The summed E-state index contributed by atoms with van der Waals surface area (Å²) in [5.74, 6) is -2.19. The minimum Gasteiger partial charge on any atom is -0.332 e. The molecule has 0 heterocycles. The van der Waals surface area contributed by atoms with Gasteiger partial charge in [0.25, 0.3) is 0 Å². The summed E-state index contributed by atoms with van der Waals surface area (Å²) in [5, 5.41) is 4.70. The molecule has 0 aromatic heterocycles. The van der Waals surface area contributed by atoms with Crippen molar-refractivity contribution < 1.29 is 22.0 Å². The quantitative estimate of drug-likeness (QED) is 0.611. The number of anilines is 2. The molecule has 0 unspecified atom stereocenters. The molecular weight excluding hydrogens is 323 g/mol. The maximum absolute atomic E-state index is 13.4. The van der Waals surface area contributed by atoms with Crippen LogP contribution < -0.4 is 10.6 Å². The Kier molecular flexibility index (Phi) is 4.60. The van der Waals surface area contributed by atoms with Gasteiger partial charge in [0.05, 0.1) is 11.3 Å². The second kappa shape index (κ2) is 6.27. The van der Waals surface area contributed by atoms with Crippen LogP contribution in [-0.4, -0.2) is 5.11 Å². The first-order chi connectivity index (χ1) is 10.3. The van der Waals surface area contributed by atoms with Crippen molar-refractivity contribution in [3.05, 3.63) is 59.7 Å². The number of hydrogen-bond acceptors (Lipinski definition) is 1. The van der Waals surface area contributed by atoms with Crippen LogP contribution in [0.25, 0.3) is 0 Å². The molecule has 8 heteroatoms. The van der Waals surface area contributed by atoms with Crippen molar-refractivity contribution in [3.8, 4) is 0 Å². The van der Waals surface area contributed by atoms with Crippen LogP contribution in [0.3, 0.4) is 0 Å². The minimum atomic E-state index is -4.48. The summed E-state index contributed by atoms with van der Waals surface area (Å²) in [5.41, 5.74) is -0.995. The van der Waals surface area contributed by atoms with Crippen LogP contribution in [0.1, 0.15) is 5.56 Å². The molecule has 2 rings (SSSR count). The molecule has 2 aromatic carbocycles. The Morgan fingerprint density at radius 1 is 0.955 bits per heavy atom. The van der Waals surface area contributed by atoms with Gasteiger partial charge in [-0.3, -0.25) is 0 Å². The largest absolute Gasteiger partial charge is 0.416 e. The Balaban J connectivity index is 2.11. The Hall–Kier alpha value is -2.22. The summed E-state index contributed by atoms with van der Waals surface area (Å²) < 4.78 is 64.2. The predicted octanol–water partition coefficient (Wildman–Crippen LogP) is 4.79. The fourth-order valence-corrected chi connectivity index (χ4v) is 1.89. The van der Waals surface area contributed by atoms with Gasteiger partial charge in [-0.25, -0.2) is 8.78 Å². The van der Waals surface area contributed by atoms with Crippen LogP contribution in [0.4, 0.5) is 33.3 Å². The third-order valence-electron chi connectivity index (χ3n) is 2.65. The van der Waals surface area contributed by atoms with Crippen molar-refractivity contribution in [2.24, 2.45) is 0 Å².